The molecule has 1 fully saturated rings. The first-order chi connectivity index (χ1) is 16.3. The third kappa shape index (κ3) is 6.57. The van der Waals surface area contributed by atoms with Gasteiger partial charge in [0.25, 0.3) is 0 Å². The van der Waals surface area contributed by atoms with Gasteiger partial charge in [0.15, 0.2) is 15.6 Å². The Morgan fingerprint density at radius 1 is 1.06 bits per heavy atom. The summed E-state index contributed by atoms with van der Waals surface area (Å²) in [4.78, 5) is 15.7. The number of hydrogen-bond acceptors (Lipinski definition) is 5. The van der Waals surface area contributed by atoms with Crippen molar-refractivity contribution in [3.63, 3.8) is 0 Å². The summed E-state index contributed by atoms with van der Waals surface area (Å²) in [6.45, 7) is 3.97. The molecule has 4 nitrogen and oxygen atoms in total. The van der Waals surface area contributed by atoms with Gasteiger partial charge in [-0.2, -0.15) is 0 Å². The van der Waals surface area contributed by atoms with Crippen LogP contribution in [0.4, 0.5) is 0 Å². The summed E-state index contributed by atoms with van der Waals surface area (Å²) in [6, 6.07) is 19.3. The van der Waals surface area contributed by atoms with E-state index in [4.69, 9.17) is 11.6 Å². The van der Waals surface area contributed by atoms with E-state index < -0.39 is 9.84 Å². The van der Waals surface area contributed by atoms with Crippen molar-refractivity contribution in [2.24, 2.45) is 0 Å². The molecule has 2 aromatic carbocycles. The highest BCUT2D eigenvalue weighted by atomic mass is 35.5. The summed E-state index contributed by atoms with van der Waals surface area (Å²) >= 11 is 7.17. The standard InChI is InChI=1S/C27H30ClNO3S2/c1-20-4-6-21(7-5-20)19-29-17-2-3-24(29)16-18-34(31,32)27-15-13-25(33-27)12-14-26(30)22-8-10-23(28)11-9-22/h4-11,13,15,24H,2-3,12,14,16-19H2,1H3. The van der Waals surface area contributed by atoms with Crippen LogP contribution in [0.5, 0.6) is 0 Å². The van der Waals surface area contributed by atoms with E-state index in [1.807, 2.05) is 6.07 Å². The fourth-order valence-electron chi connectivity index (χ4n) is 4.43. The molecule has 0 aliphatic carbocycles. The molecule has 0 amide bonds. The molecule has 1 aliphatic heterocycles. The smallest absolute Gasteiger partial charge is 0.187 e. The lowest BCUT2D eigenvalue weighted by molar-refractivity contribution is 0.0983. The second kappa shape index (κ2) is 11.2. The number of rotatable bonds is 10. The van der Waals surface area contributed by atoms with Crippen molar-refractivity contribution in [2.45, 2.75) is 55.8 Å². The Hall–Kier alpha value is -1.99. The summed E-state index contributed by atoms with van der Waals surface area (Å²) < 4.78 is 26.4. The summed E-state index contributed by atoms with van der Waals surface area (Å²) in [5, 5.41) is 0.598. The molecule has 0 spiro atoms. The van der Waals surface area contributed by atoms with Crippen molar-refractivity contribution >= 4 is 38.6 Å². The highest BCUT2D eigenvalue weighted by Crippen LogP contribution is 2.28. The highest BCUT2D eigenvalue weighted by Gasteiger charge is 2.27. The number of carbonyl (C=O) groups excluding carboxylic acids is 1. The molecule has 1 atom stereocenters. The number of aryl methyl sites for hydroxylation is 2. The zero-order valence-corrected chi connectivity index (χ0v) is 21.8. The first-order valence-corrected chi connectivity index (χ1v) is 14.5. The van der Waals surface area contributed by atoms with Crippen LogP contribution in [0.15, 0.2) is 64.9 Å². The first kappa shape index (κ1) is 25.1. The Kier molecular flexibility index (Phi) is 8.25. The van der Waals surface area contributed by atoms with E-state index in [-0.39, 0.29) is 11.5 Å². The molecular formula is C27H30ClNO3S2. The molecule has 4 rings (SSSR count). The monoisotopic (exact) mass is 515 g/mol. The molecule has 34 heavy (non-hydrogen) atoms. The number of halogens is 1. The zero-order valence-electron chi connectivity index (χ0n) is 19.4. The van der Waals surface area contributed by atoms with Gasteiger partial charge < -0.3 is 0 Å². The van der Waals surface area contributed by atoms with Crippen LogP contribution in [-0.2, 0) is 22.8 Å². The molecule has 3 aromatic rings. The lowest BCUT2D eigenvalue weighted by Gasteiger charge is -2.24. The maximum atomic E-state index is 13.0. The van der Waals surface area contributed by atoms with Crippen LogP contribution < -0.4 is 0 Å². The Morgan fingerprint density at radius 2 is 1.79 bits per heavy atom. The van der Waals surface area contributed by atoms with Crippen LogP contribution in [0.3, 0.4) is 0 Å². The third-order valence-corrected chi connectivity index (χ3v) is 10.2. The van der Waals surface area contributed by atoms with Gasteiger partial charge in [-0.3, -0.25) is 9.69 Å². The van der Waals surface area contributed by atoms with E-state index in [1.54, 1.807) is 30.3 Å². The van der Waals surface area contributed by atoms with Gasteiger partial charge >= 0.3 is 0 Å². The number of likely N-dealkylation sites (tertiary alicyclic amines) is 1. The van der Waals surface area contributed by atoms with E-state index in [0.717, 1.165) is 30.8 Å². The van der Waals surface area contributed by atoms with Gasteiger partial charge in [-0.1, -0.05) is 41.4 Å². The Morgan fingerprint density at radius 3 is 2.53 bits per heavy atom. The number of Topliss-reactive ketones (excluding diaryl/α,β-unsaturated/α-hetero) is 1. The predicted octanol–water partition coefficient (Wildman–Crippen LogP) is 6.35. The SMILES string of the molecule is Cc1ccc(CN2CCCC2CCS(=O)(=O)c2ccc(CCC(=O)c3ccc(Cl)cc3)s2)cc1. The lowest BCUT2D eigenvalue weighted by atomic mass is 10.1. The molecule has 0 saturated carbocycles. The number of hydrogen-bond donors (Lipinski definition) is 0. The van der Waals surface area contributed by atoms with E-state index in [9.17, 15) is 13.2 Å². The summed E-state index contributed by atoms with van der Waals surface area (Å²) in [7, 11) is -3.33. The van der Waals surface area contributed by atoms with Gasteiger partial charge in [0.1, 0.15) is 4.21 Å². The molecule has 0 bridgehead atoms. The second-order valence-corrected chi connectivity index (χ2v) is 13.0. The average molecular weight is 516 g/mol. The molecule has 1 saturated heterocycles. The van der Waals surface area contributed by atoms with Crippen molar-refractivity contribution in [1.29, 1.82) is 0 Å². The fraction of sp³-hybridized carbons (Fsp3) is 0.370. The van der Waals surface area contributed by atoms with Gasteiger partial charge in [-0.15, -0.1) is 11.3 Å². The number of benzene rings is 2. The van der Waals surface area contributed by atoms with Gasteiger partial charge in [-0.25, -0.2) is 8.42 Å². The molecule has 7 heteroatoms. The summed E-state index contributed by atoms with van der Waals surface area (Å²) in [5.41, 5.74) is 3.15. The molecule has 1 aliphatic rings. The molecule has 2 heterocycles. The van der Waals surface area contributed by atoms with Crippen LogP contribution in [0, 0.1) is 6.92 Å². The van der Waals surface area contributed by atoms with E-state index in [2.05, 4.69) is 36.1 Å². The molecule has 1 aromatic heterocycles. The van der Waals surface area contributed by atoms with Crippen LogP contribution in [0.2, 0.25) is 5.02 Å². The summed E-state index contributed by atoms with van der Waals surface area (Å²) in [6.07, 6.45) is 3.69. The minimum Gasteiger partial charge on any atom is -0.296 e. The lowest BCUT2D eigenvalue weighted by Crippen LogP contribution is -2.30. The van der Waals surface area contributed by atoms with E-state index >= 15 is 0 Å². The molecule has 180 valence electrons. The largest absolute Gasteiger partial charge is 0.296 e. The zero-order chi connectivity index (χ0) is 24.1. The second-order valence-electron chi connectivity index (χ2n) is 9.01. The number of ketones is 1. The van der Waals surface area contributed by atoms with Crippen LogP contribution in [-0.4, -0.2) is 37.4 Å². The third-order valence-electron chi connectivity index (χ3n) is 6.43. The van der Waals surface area contributed by atoms with E-state index in [0.29, 0.717) is 40.1 Å². The Balaban J connectivity index is 1.30. The van der Waals surface area contributed by atoms with Crippen LogP contribution in [0.25, 0.3) is 0 Å². The van der Waals surface area contributed by atoms with Crippen molar-refractivity contribution < 1.29 is 13.2 Å². The number of nitrogens with zero attached hydrogens (tertiary/aromatic N) is 1. The van der Waals surface area contributed by atoms with Gasteiger partial charge in [0.2, 0.25) is 0 Å². The number of sulfone groups is 1. The fourth-order valence-corrected chi connectivity index (χ4v) is 7.43. The minimum atomic E-state index is -3.33. The Labute approximate surface area is 211 Å². The van der Waals surface area contributed by atoms with E-state index in [1.165, 1.54) is 22.5 Å². The van der Waals surface area contributed by atoms with Crippen LogP contribution >= 0.6 is 22.9 Å². The van der Waals surface area contributed by atoms with Crippen molar-refractivity contribution in [3.05, 3.63) is 87.3 Å². The number of carbonyl (C=O) groups is 1. The quantitative estimate of drug-likeness (QED) is 0.295. The predicted molar refractivity (Wildman–Crippen MR) is 140 cm³/mol. The highest BCUT2D eigenvalue weighted by molar-refractivity contribution is 7.93. The maximum Gasteiger partial charge on any atom is 0.187 e. The van der Waals surface area contributed by atoms with Crippen molar-refractivity contribution in [3.8, 4) is 0 Å². The maximum absolute atomic E-state index is 13.0. The summed E-state index contributed by atoms with van der Waals surface area (Å²) in [5.74, 6) is 0.190. The van der Waals surface area contributed by atoms with Gasteiger partial charge in [0.05, 0.1) is 5.75 Å². The minimum absolute atomic E-state index is 0.0318. The normalized spacial score (nSPS) is 16.7. The first-order valence-electron chi connectivity index (χ1n) is 11.7. The van der Waals surface area contributed by atoms with Crippen molar-refractivity contribution in [1.82, 2.24) is 4.90 Å². The topological polar surface area (TPSA) is 54.5 Å². The van der Waals surface area contributed by atoms with Gasteiger partial charge in [-0.05, 0) is 81.1 Å². The Bertz CT molecular complexity index is 1220. The van der Waals surface area contributed by atoms with Crippen molar-refractivity contribution in [2.75, 3.05) is 12.3 Å². The molecule has 1 unspecified atom stereocenters. The molecule has 0 N–H and O–H groups in total. The molecule has 0 radical (unpaired) electrons. The van der Waals surface area contributed by atoms with Crippen LogP contribution in [0.1, 0.15) is 52.0 Å². The van der Waals surface area contributed by atoms with Gasteiger partial charge in [0, 0.05) is 34.5 Å². The number of thiophene rings is 1. The average Bonchev–Trinajstić information content (AvgIpc) is 3.48. The molecular weight excluding hydrogens is 486 g/mol.